The van der Waals surface area contributed by atoms with E-state index in [1.54, 1.807) is 29.2 Å². The van der Waals surface area contributed by atoms with Crippen LogP contribution in [0.1, 0.15) is 68.9 Å². The molecule has 5 heteroatoms. The molecule has 0 aliphatic rings. The SMILES string of the molecule is CCCCCCCCCCSc1nc(Cc2cccs2)cc(=O)[nH]1. The quantitative estimate of drug-likeness (QED) is 0.300. The van der Waals surface area contributed by atoms with Gasteiger partial charge in [-0.2, -0.15) is 0 Å². The molecule has 0 amide bonds. The van der Waals surface area contributed by atoms with Crippen molar-refractivity contribution in [2.45, 2.75) is 69.9 Å². The maximum Gasteiger partial charge on any atom is 0.251 e. The van der Waals surface area contributed by atoms with Crippen molar-refractivity contribution < 1.29 is 0 Å². The molecular formula is C19H28N2OS2. The molecule has 0 aliphatic heterocycles. The molecule has 0 aromatic carbocycles. The van der Waals surface area contributed by atoms with Crippen LogP contribution in [0.5, 0.6) is 0 Å². The Balaban J connectivity index is 1.67. The minimum atomic E-state index is -0.0463. The van der Waals surface area contributed by atoms with E-state index in [0.717, 1.165) is 23.0 Å². The number of hydrogen-bond donors (Lipinski definition) is 1. The van der Waals surface area contributed by atoms with Gasteiger partial charge in [-0.05, 0) is 17.9 Å². The first-order valence-electron chi connectivity index (χ1n) is 9.03. The lowest BCUT2D eigenvalue weighted by Gasteiger charge is -2.04. The Bertz CT molecular complexity index is 623. The van der Waals surface area contributed by atoms with Crippen molar-refractivity contribution in [3.05, 3.63) is 44.5 Å². The maximum atomic E-state index is 11.8. The van der Waals surface area contributed by atoms with Gasteiger partial charge in [0.1, 0.15) is 0 Å². The molecule has 1 N–H and O–H groups in total. The maximum absolute atomic E-state index is 11.8. The van der Waals surface area contributed by atoms with Crippen LogP contribution in [-0.4, -0.2) is 15.7 Å². The molecule has 0 spiro atoms. The van der Waals surface area contributed by atoms with Crippen LogP contribution in [0.25, 0.3) is 0 Å². The number of thiophene rings is 1. The molecule has 0 atom stereocenters. The summed E-state index contributed by atoms with van der Waals surface area (Å²) < 4.78 is 0. The van der Waals surface area contributed by atoms with Crippen LogP contribution < -0.4 is 5.56 Å². The van der Waals surface area contributed by atoms with Crippen molar-refractivity contribution >= 4 is 23.1 Å². The van der Waals surface area contributed by atoms with E-state index in [0.29, 0.717) is 0 Å². The van der Waals surface area contributed by atoms with Crippen molar-refractivity contribution in [1.82, 2.24) is 9.97 Å². The zero-order chi connectivity index (χ0) is 17.0. The fourth-order valence-corrected chi connectivity index (χ4v) is 4.26. The molecular weight excluding hydrogens is 336 g/mol. The molecule has 0 radical (unpaired) electrons. The summed E-state index contributed by atoms with van der Waals surface area (Å²) >= 11 is 3.37. The molecule has 132 valence electrons. The summed E-state index contributed by atoms with van der Waals surface area (Å²) in [6, 6.07) is 5.73. The Morgan fingerprint density at radius 2 is 1.88 bits per heavy atom. The molecule has 3 nitrogen and oxygen atoms in total. The van der Waals surface area contributed by atoms with Gasteiger partial charge in [-0.25, -0.2) is 4.98 Å². The van der Waals surface area contributed by atoms with Crippen molar-refractivity contribution in [3.63, 3.8) is 0 Å². The number of rotatable bonds is 12. The summed E-state index contributed by atoms with van der Waals surface area (Å²) in [6.07, 6.45) is 11.3. The van der Waals surface area contributed by atoms with E-state index in [9.17, 15) is 4.79 Å². The topological polar surface area (TPSA) is 45.8 Å². The van der Waals surface area contributed by atoms with Crippen molar-refractivity contribution in [1.29, 1.82) is 0 Å². The zero-order valence-electron chi connectivity index (χ0n) is 14.6. The summed E-state index contributed by atoms with van der Waals surface area (Å²) in [7, 11) is 0. The highest BCUT2D eigenvalue weighted by Crippen LogP contribution is 2.17. The van der Waals surface area contributed by atoms with Crippen LogP contribution in [0.15, 0.2) is 33.5 Å². The second-order valence-corrected chi connectivity index (χ2v) is 8.24. The molecule has 0 saturated carbocycles. The molecule has 0 saturated heterocycles. The van der Waals surface area contributed by atoms with Crippen molar-refractivity contribution in [2.75, 3.05) is 5.75 Å². The first kappa shape index (κ1) is 19.3. The van der Waals surface area contributed by atoms with Gasteiger partial charge >= 0.3 is 0 Å². The highest BCUT2D eigenvalue weighted by atomic mass is 32.2. The highest BCUT2D eigenvalue weighted by Gasteiger charge is 2.04. The predicted molar refractivity (Wildman–Crippen MR) is 105 cm³/mol. The molecule has 0 unspecified atom stereocenters. The molecule has 2 aromatic heterocycles. The number of nitrogens with zero attached hydrogens (tertiary/aromatic N) is 1. The molecule has 0 fully saturated rings. The molecule has 2 aromatic rings. The van der Waals surface area contributed by atoms with E-state index in [1.807, 2.05) is 6.07 Å². The number of aromatic nitrogens is 2. The second kappa shape index (κ2) is 11.5. The Morgan fingerprint density at radius 1 is 1.12 bits per heavy atom. The lowest BCUT2D eigenvalue weighted by atomic mass is 10.1. The summed E-state index contributed by atoms with van der Waals surface area (Å²) in [5.41, 5.74) is 0.814. The van der Waals surface area contributed by atoms with E-state index >= 15 is 0 Å². The van der Waals surface area contributed by atoms with Gasteiger partial charge in [0.2, 0.25) is 0 Å². The Hall–Kier alpha value is -1.07. The van der Waals surface area contributed by atoms with Crippen LogP contribution >= 0.6 is 23.1 Å². The fourth-order valence-electron chi connectivity index (χ4n) is 2.64. The van der Waals surface area contributed by atoms with Crippen LogP contribution in [0.3, 0.4) is 0 Å². The van der Waals surface area contributed by atoms with E-state index in [-0.39, 0.29) is 5.56 Å². The van der Waals surface area contributed by atoms with Crippen LogP contribution in [0.2, 0.25) is 0 Å². The summed E-state index contributed by atoms with van der Waals surface area (Å²) in [4.78, 5) is 20.5. The highest BCUT2D eigenvalue weighted by molar-refractivity contribution is 7.99. The van der Waals surface area contributed by atoms with E-state index in [4.69, 9.17) is 0 Å². The Morgan fingerprint density at radius 3 is 2.58 bits per heavy atom. The summed E-state index contributed by atoms with van der Waals surface area (Å²) in [5.74, 6) is 1.03. The van der Waals surface area contributed by atoms with Crippen LogP contribution in [-0.2, 0) is 6.42 Å². The van der Waals surface area contributed by atoms with E-state index in [1.165, 1.54) is 56.2 Å². The third kappa shape index (κ3) is 7.67. The van der Waals surface area contributed by atoms with Crippen molar-refractivity contribution in [2.24, 2.45) is 0 Å². The normalized spacial score (nSPS) is 11.0. The van der Waals surface area contributed by atoms with E-state index in [2.05, 4.69) is 28.3 Å². The third-order valence-corrected chi connectivity index (χ3v) is 5.78. The van der Waals surface area contributed by atoms with Gasteiger partial charge in [-0.3, -0.25) is 4.79 Å². The minimum absolute atomic E-state index is 0.0463. The Kier molecular flexibility index (Phi) is 9.21. The molecule has 2 rings (SSSR count). The number of hydrogen-bond acceptors (Lipinski definition) is 4. The smallest absolute Gasteiger partial charge is 0.251 e. The first-order valence-corrected chi connectivity index (χ1v) is 10.9. The van der Waals surface area contributed by atoms with Crippen LogP contribution in [0.4, 0.5) is 0 Å². The average molecular weight is 365 g/mol. The average Bonchev–Trinajstić information content (AvgIpc) is 3.06. The number of unbranched alkanes of at least 4 members (excludes halogenated alkanes) is 7. The summed E-state index contributed by atoms with van der Waals surface area (Å²) in [6.45, 7) is 2.25. The number of nitrogens with one attached hydrogen (secondary N) is 1. The fraction of sp³-hybridized carbons (Fsp3) is 0.579. The zero-order valence-corrected chi connectivity index (χ0v) is 16.2. The molecule has 0 aliphatic carbocycles. The van der Waals surface area contributed by atoms with Gasteiger partial charge in [-0.1, -0.05) is 69.7 Å². The number of thioether (sulfide) groups is 1. The predicted octanol–water partition coefficient (Wildman–Crippen LogP) is 5.66. The van der Waals surface area contributed by atoms with Crippen molar-refractivity contribution in [3.8, 4) is 0 Å². The standard InChI is InChI=1S/C19H28N2OS2/c1-2-3-4-5-6-7-8-9-12-24-19-20-16(15-18(22)21-19)14-17-11-10-13-23-17/h10-11,13,15H,2-9,12,14H2,1H3,(H,20,21,22). The van der Waals surface area contributed by atoms with Gasteiger partial charge in [0.05, 0.1) is 5.69 Å². The van der Waals surface area contributed by atoms with Gasteiger partial charge in [-0.15, -0.1) is 11.3 Å². The molecule has 2 heterocycles. The number of H-pyrrole nitrogens is 1. The monoisotopic (exact) mass is 364 g/mol. The lowest BCUT2D eigenvalue weighted by Crippen LogP contribution is -2.10. The first-order chi connectivity index (χ1) is 11.8. The Labute approximate surface area is 153 Å². The minimum Gasteiger partial charge on any atom is -0.301 e. The van der Waals surface area contributed by atoms with Gasteiger partial charge in [0.15, 0.2) is 5.16 Å². The molecule has 0 bridgehead atoms. The van der Waals surface area contributed by atoms with Crippen LogP contribution in [0, 0.1) is 0 Å². The van der Waals surface area contributed by atoms with Gasteiger partial charge < -0.3 is 4.98 Å². The molecule has 24 heavy (non-hydrogen) atoms. The van der Waals surface area contributed by atoms with Gasteiger partial charge in [0.25, 0.3) is 5.56 Å². The number of aromatic amines is 1. The van der Waals surface area contributed by atoms with Gasteiger partial charge in [0, 0.05) is 23.1 Å². The lowest BCUT2D eigenvalue weighted by molar-refractivity contribution is 0.586. The third-order valence-electron chi connectivity index (χ3n) is 3.95. The largest absolute Gasteiger partial charge is 0.301 e. The van der Waals surface area contributed by atoms with E-state index < -0.39 is 0 Å². The summed E-state index contributed by atoms with van der Waals surface area (Å²) in [5, 5.41) is 2.82. The second-order valence-electron chi connectivity index (χ2n) is 6.12.